The van der Waals surface area contributed by atoms with Crippen LogP contribution in [0.2, 0.25) is 0 Å². The smallest absolute Gasteiger partial charge is 0.145 e. The van der Waals surface area contributed by atoms with E-state index in [-0.39, 0.29) is 6.61 Å². The topological polar surface area (TPSA) is 64.1 Å². The Bertz CT molecular complexity index is 433. The Morgan fingerprint density at radius 3 is 2.33 bits per heavy atom. The molecule has 0 fully saturated rings. The van der Waals surface area contributed by atoms with Gasteiger partial charge in [0.15, 0.2) is 0 Å². The van der Waals surface area contributed by atoms with E-state index in [1.807, 2.05) is 30.5 Å². The molecule has 3 N–H and O–H groups in total. The highest BCUT2D eigenvalue weighted by Crippen LogP contribution is 2.06. The van der Waals surface area contributed by atoms with E-state index in [0.29, 0.717) is 12.4 Å². The Hall–Kier alpha value is -1.81. The number of hydrogen-bond acceptors (Lipinski definition) is 3. The second-order valence-electron chi connectivity index (χ2n) is 3.41. The van der Waals surface area contributed by atoms with Crippen LogP contribution >= 0.6 is 0 Å². The summed E-state index contributed by atoms with van der Waals surface area (Å²) in [7, 11) is 0. The van der Waals surface area contributed by atoms with Gasteiger partial charge in [0.05, 0.1) is 13.2 Å². The second-order valence-corrected chi connectivity index (χ2v) is 3.41. The van der Waals surface area contributed by atoms with Gasteiger partial charge in [-0.25, -0.2) is 0 Å². The molecule has 2 rings (SSSR count). The molecular weight excluding hydrogens is 190 g/mol. The molecule has 0 bridgehead atoms. The summed E-state index contributed by atoms with van der Waals surface area (Å²) in [6.45, 7) is 0.776. The van der Waals surface area contributed by atoms with Gasteiger partial charge in [0.2, 0.25) is 0 Å². The van der Waals surface area contributed by atoms with Crippen LogP contribution in [0, 0.1) is 0 Å². The number of aliphatic hydroxyl groups is 1. The molecule has 4 nitrogen and oxygen atoms in total. The highest BCUT2D eigenvalue weighted by molar-refractivity contribution is 5.25. The minimum absolute atomic E-state index is 0.0784. The molecule has 0 saturated heterocycles. The lowest BCUT2D eigenvalue weighted by molar-refractivity contribution is 0.282. The second kappa shape index (κ2) is 4.14. The van der Waals surface area contributed by atoms with E-state index in [0.717, 1.165) is 11.1 Å². The molecule has 78 valence electrons. The fourth-order valence-corrected chi connectivity index (χ4v) is 1.40. The van der Waals surface area contributed by atoms with Gasteiger partial charge in [-0.1, -0.05) is 24.3 Å². The zero-order valence-corrected chi connectivity index (χ0v) is 8.30. The van der Waals surface area contributed by atoms with Crippen molar-refractivity contribution in [3.8, 4) is 0 Å². The third-order valence-electron chi connectivity index (χ3n) is 2.21. The van der Waals surface area contributed by atoms with Gasteiger partial charge in [0, 0.05) is 6.20 Å². The van der Waals surface area contributed by atoms with Gasteiger partial charge < -0.3 is 10.8 Å². The molecule has 0 atom stereocenters. The molecular formula is C11H13N3O. The van der Waals surface area contributed by atoms with Crippen LogP contribution in [0.1, 0.15) is 11.1 Å². The molecule has 1 aromatic heterocycles. The highest BCUT2D eigenvalue weighted by atomic mass is 16.3. The van der Waals surface area contributed by atoms with Gasteiger partial charge in [-0.2, -0.15) is 5.10 Å². The summed E-state index contributed by atoms with van der Waals surface area (Å²) >= 11 is 0. The van der Waals surface area contributed by atoms with Crippen molar-refractivity contribution < 1.29 is 5.11 Å². The van der Waals surface area contributed by atoms with Gasteiger partial charge in [0.1, 0.15) is 5.82 Å². The minimum Gasteiger partial charge on any atom is -0.392 e. The molecule has 2 aromatic rings. The van der Waals surface area contributed by atoms with E-state index >= 15 is 0 Å². The number of hydrogen-bond donors (Lipinski definition) is 2. The number of nitrogen functional groups attached to an aromatic ring is 1. The van der Waals surface area contributed by atoms with Gasteiger partial charge in [-0.3, -0.25) is 4.68 Å². The van der Waals surface area contributed by atoms with E-state index in [4.69, 9.17) is 10.8 Å². The summed E-state index contributed by atoms with van der Waals surface area (Å²) in [4.78, 5) is 0. The minimum atomic E-state index is 0.0784. The molecule has 0 amide bonds. The number of nitrogens with zero attached hydrogens (tertiary/aromatic N) is 2. The van der Waals surface area contributed by atoms with Crippen molar-refractivity contribution in [2.45, 2.75) is 13.2 Å². The third kappa shape index (κ3) is 2.35. The molecule has 0 aliphatic heterocycles. The first-order chi connectivity index (χ1) is 7.28. The molecule has 0 aliphatic carbocycles. The molecule has 4 heteroatoms. The van der Waals surface area contributed by atoms with Crippen molar-refractivity contribution in [1.82, 2.24) is 9.78 Å². The van der Waals surface area contributed by atoms with Crippen molar-refractivity contribution in [3.05, 3.63) is 47.7 Å². The molecule has 0 radical (unpaired) electrons. The SMILES string of the molecule is Nc1ccn(Cc2ccc(CO)cc2)n1. The van der Waals surface area contributed by atoms with Crippen LogP contribution in [0.25, 0.3) is 0 Å². The standard InChI is InChI=1S/C11H13N3O/c12-11-5-6-14(13-11)7-9-1-3-10(8-15)4-2-9/h1-6,15H,7-8H2,(H2,12,13). The van der Waals surface area contributed by atoms with Crippen LogP contribution < -0.4 is 5.73 Å². The Labute approximate surface area is 88.0 Å². The zero-order chi connectivity index (χ0) is 10.7. The Morgan fingerprint density at radius 1 is 1.13 bits per heavy atom. The number of anilines is 1. The third-order valence-corrected chi connectivity index (χ3v) is 2.21. The van der Waals surface area contributed by atoms with Gasteiger partial charge in [0.25, 0.3) is 0 Å². The summed E-state index contributed by atoms with van der Waals surface area (Å²) in [5.74, 6) is 0.530. The fraction of sp³-hybridized carbons (Fsp3) is 0.182. The fourth-order valence-electron chi connectivity index (χ4n) is 1.40. The molecule has 0 unspecified atom stereocenters. The van der Waals surface area contributed by atoms with Crippen molar-refractivity contribution >= 4 is 5.82 Å². The van der Waals surface area contributed by atoms with Gasteiger partial charge in [-0.05, 0) is 17.2 Å². The monoisotopic (exact) mass is 203 g/mol. The number of aromatic nitrogens is 2. The van der Waals surface area contributed by atoms with Crippen LogP contribution in [0.3, 0.4) is 0 Å². The number of nitrogens with two attached hydrogens (primary N) is 1. The van der Waals surface area contributed by atoms with E-state index in [1.54, 1.807) is 10.7 Å². The maximum atomic E-state index is 8.89. The number of aliphatic hydroxyl groups excluding tert-OH is 1. The van der Waals surface area contributed by atoms with Crippen LogP contribution in [0.15, 0.2) is 36.5 Å². The zero-order valence-electron chi connectivity index (χ0n) is 8.30. The van der Waals surface area contributed by atoms with Crippen LogP contribution in [0.5, 0.6) is 0 Å². The van der Waals surface area contributed by atoms with E-state index in [2.05, 4.69) is 5.10 Å². The van der Waals surface area contributed by atoms with Crippen LogP contribution in [-0.4, -0.2) is 14.9 Å². The Kier molecular flexibility index (Phi) is 2.69. The number of rotatable bonds is 3. The summed E-state index contributed by atoms with van der Waals surface area (Å²) in [5.41, 5.74) is 7.56. The summed E-state index contributed by atoms with van der Waals surface area (Å²) in [5, 5.41) is 13.0. The first-order valence-electron chi connectivity index (χ1n) is 4.75. The average molecular weight is 203 g/mol. The summed E-state index contributed by atoms with van der Waals surface area (Å²) in [6.07, 6.45) is 1.84. The molecule has 1 heterocycles. The largest absolute Gasteiger partial charge is 0.392 e. The predicted molar refractivity (Wildman–Crippen MR) is 58.1 cm³/mol. The average Bonchev–Trinajstić information content (AvgIpc) is 2.65. The highest BCUT2D eigenvalue weighted by Gasteiger charge is 1.97. The van der Waals surface area contributed by atoms with Crippen LogP contribution in [-0.2, 0) is 13.2 Å². The molecule has 0 aliphatic rings. The summed E-state index contributed by atoms with van der Waals surface area (Å²) < 4.78 is 1.78. The van der Waals surface area contributed by atoms with E-state index in [9.17, 15) is 0 Å². The van der Waals surface area contributed by atoms with Crippen molar-refractivity contribution in [2.24, 2.45) is 0 Å². The predicted octanol–water partition coefficient (Wildman–Crippen LogP) is 1.01. The number of benzene rings is 1. The lowest BCUT2D eigenvalue weighted by atomic mass is 10.1. The van der Waals surface area contributed by atoms with E-state index < -0.39 is 0 Å². The normalized spacial score (nSPS) is 10.5. The first-order valence-corrected chi connectivity index (χ1v) is 4.75. The van der Waals surface area contributed by atoms with Gasteiger partial charge in [-0.15, -0.1) is 0 Å². The van der Waals surface area contributed by atoms with Crippen LogP contribution in [0.4, 0.5) is 5.82 Å². The Morgan fingerprint density at radius 2 is 1.80 bits per heavy atom. The summed E-state index contributed by atoms with van der Waals surface area (Å²) in [6, 6.07) is 9.53. The lowest BCUT2D eigenvalue weighted by Crippen LogP contribution is -2.01. The van der Waals surface area contributed by atoms with Crippen molar-refractivity contribution in [2.75, 3.05) is 5.73 Å². The van der Waals surface area contributed by atoms with E-state index in [1.165, 1.54) is 0 Å². The van der Waals surface area contributed by atoms with Gasteiger partial charge >= 0.3 is 0 Å². The molecule has 15 heavy (non-hydrogen) atoms. The quantitative estimate of drug-likeness (QED) is 0.782. The maximum absolute atomic E-state index is 8.89. The molecule has 1 aromatic carbocycles. The molecule has 0 spiro atoms. The first kappa shape index (κ1) is 9.73. The van der Waals surface area contributed by atoms with Crippen molar-refractivity contribution in [1.29, 1.82) is 0 Å². The Balaban J connectivity index is 2.11. The van der Waals surface area contributed by atoms with Crippen molar-refractivity contribution in [3.63, 3.8) is 0 Å². The lowest BCUT2D eigenvalue weighted by Gasteiger charge is -2.02. The maximum Gasteiger partial charge on any atom is 0.145 e. The molecule has 0 saturated carbocycles.